The van der Waals surface area contributed by atoms with Crippen LogP contribution in [-0.2, 0) is 49.7 Å². The Bertz CT molecular complexity index is 2170. The zero-order valence-corrected chi connectivity index (χ0v) is 36.5. The smallest absolute Gasteiger partial charge is 0.333 e. The Hall–Kier alpha value is -6.46. The number of imide groups is 1. The van der Waals surface area contributed by atoms with Gasteiger partial charge in [0.15, 0.2) is 0 Å². The van der Waals surface area contributed by atoms with Gasteiger partial charge in [0.05, 0.1) is 6.04 Å². The first-order valence-corrected chi connectivity index (χ1v) is 20.7. The number of carboxylic acid groups (broad SMARTS) is 1. The molecule has 0 aliphatic carbocycles. The lowest BCUT2D eigenvalue weighted by Gasteiger charge is -2.41. The monoisotopic (exact) mass is 878 g/mol. The molecule has 6 amide bonds. The average Bonchev–Trinajstić information content (AvgIpc) is 3.75. The molecule has 0 radical (unpaired) electrons. The summed E-state index contributed by atoms with van der Waals surface area (Å²) in [5, 5.41) is 18.1. The van der Waals surface area contributed by atoms with E-state index >= 15 is 4.39 Å². The van der Waals surface area contributed by atoms with Crippen molar-refractivity contribution in [3.63, 3.8) is 0 Å². The number of carboxylic acids is 1. The average molecular weight is 879 g/mol. The molecule has 16 nitrogen and oxygen atoms in total. The van der Waals surface area contributed by atoms with E-state index < -0.39 is 94.5 Å². The van der Waals surface area contributed by atoms with Gasteiger partial charge in [0.1, 0.15) is 29.8 Å². The molecular formula is C45H56F2N6O10. The highest BCUT2D eigenvalue weighted by Crippen LogP contribution is 2.41. The quantitative estimate of drug-likeness (QED) is 0.114. The largest absolute Gasteiger partial charge is 0.480 e. The molecule has 0 saturated carbocycles. The molecule has 2 aromatic carbocycles. The number of aromatic nitrogens is 1. The van der Waals surface area contributed by atoms with Crippen LogP contribution in [0.5, 0.6) is 0 Å². The number of hydroxylamine groups is 2. The maximum absolute atomic E-state index is 15.1. The minimum absolute atomic E-state index is 0.0172. The summed E-state index contributed by atoms with van der Waals surface area (Å²) in [5.74, 6) is -7.87. The van der Waals surface area contributed by atoms with Gasteiger partial charge in [-0.2, -0.15) is 0 Å². The summed E-state index contributed by atoms with van der Waals surface area (Å²) >= 11 is 0. The minimum Gasteiger partial charge on any atom is -0.480 e. The molecule has 1 aliphatic rings. The molecule has 4 atom stereocenters. The Labute approximate surface area is 364 Å². The van der Waals surface area contributed by atoms with Crippen molar-refractivity contribution in [2.45, 2.75) is 118 Å². The van der Waals surface area contributed by atoms with Gasteiger partial charge < -0.3 is 35.4 Å². The van der Waals surface area contributed by atoms with E-state index in [4.69, 9.17) is 4.84 Å². The highest BCUT2D eigenvalue weighted by Gasteiger charge is 2.38. The van der Waals surface area contributed by atoms with E-state index in [-0.39, 0.29) is 50.6 Å². The van der Waals surface area contributed by atoms with Gasteiger partial charge in [-0.1, -0.05) is 65.0 Å². The third kappa shape index (κ3) is 13.5. The SMILES string of the molecule is CC(=O)N(CCC(NC(=O)C(C)NC(=O)C(NC(=O)CCCC(=O)ON1C(=O)CCC1=O)C(C)C)C(=O)O)C(c1cc(-c2cc(F)ccc2F)cn1Cc1ccccc1)C(C)(C)C. The Kier molecular flexibility index (Phi) is 16.8. The number of rotatable bonds is 20. The van der Waals surface area contributed by atoms with Gasteiger partial charge in [0, 0.05) is 68.7 Å². The van der Waals surface area contributed by atoms with Crippen molar-refractivity contribution < 1.29 is 57.1 Å². The second-order valence-electron chi connectivity index (χ2n) is 17.0. The van der Waals surface area contributed by atoms with E-state index in [1.165, 1.54) is 18.7 Å². The number of carbonyl (C=O) groups excluding carboxylic acids is 7. The van der Waals surface area contributed by atoms with Crippen LogP contribution in [0, 0.1) is 23.0 Å². The second-order valence-corrected chi connectivity index (χ2v) is 17.0. The third-order valence-corrected chi connectivity index (χ3v) is 10.5. The van der Waals surface area contributed by atoms with Crippen LogP contribution in [-0.4, -0.2) is 91.7 Å². The molecule has 0 spiro atoms. The lowest BCUT2D eigenvalue weighted by Crippen LogP contribution is -2.56. The molecule has 1 fully saturated rings. The second kappa shape index (κ2) is 21.6. The van der Waals surface area contributed by atoms with E-state index in [2.05, 4.69) is 16.0 Å². The Morgan fingerprint density at radius 1 is 0.873 bits per heavy atom. The zero-order chi connectivity index (χ0) is 46.8. The van der Waals surface area contributed by atoms with Gasteiger partial charge in [0.2, 0.25) is 23.6 Å². The van der Waals surface area contributed by atoms with Crippen LogP contribution in [0.3, 0.4) is 0 Å². The van der Waals surface area contributed by atoms with Gasteiger partial charge in [-0.25, -0.2) is 18.4 Å². The summed E-state index contributed by atoms with van der Waals surface area (Å²) < 4.78 is 31.3. The van der Waals surface area contributed by atoms with Gasteiger partial charge in [-0.05, 0) is 60.9 Å². The van der Waals surface area contributed by atoms with Crippen LogP contribution in [0.2, 0.25) is 0 Å². The maximum Gasteiger partial charge on any atom is 0.333 e. The van der Waals surface area contributed by atoms with Crippen LogP contribution in [0.4, 0.5) is 8.78 Å². The van der Waals surface area contributed by atoms with Crippen LogP contribution in [0.15, 0.2) is 60.8 Å². The summed E-state index contributed by atoms with van der Waals surface area (Å²) in [6.45, 7) is 11.8. The fourth-order valence-electron chi connectivity index (χ4n) is 7.25. The van der Waals surface area contributed by atoms with Gasteiger partial charge >= 0.3 is 11.9 Å². The molecule has 4 unspecified atom stereocenters. The first kappa shape index (κ1) is 49.2. The molecule has 3 aromatic rings. The Morgan fingerprint density at radius 3 is 2.11 bits per heavy atom. The van der Waals surface area contributed by atoms with Crippen molar-refractivity contribution >= 4 is 47.4 Å². The van der Waals surface area contributed by atoms with Crippen molar-refractivity contribution in [1.29, 1.82) is 0 Å². The number of nitrogens with one attached hydrogen (secondary N) is 3. The highest BCUT2D eigenvalue weighted by atomic mass is 19.1. The highest BCUT2D eigenvalue weighted by molar-refractivity contribution is 6.01. The van der Waals surface area contributed by atoms with Gasteiger partial charge in [0.25, 0.3) is 11.8 Å². The predicted molar refractivity (Wildman–Crippen MR) is 224 cm³/mol. The predicted octanol–water partition coefficient (Wildman–Crippen LogP) is 4.80. The summed E-state index contributed by atoms with van der Waals surface area (Å²) in [6, 6.07) is 9.62. The molecular weight excluding hydrogens is 823 g/mol. The van der Waals surface area contributed by atoms with Crippen molar-refractivity contribution in [2.24, 2.45) is 11.3 Å². The molecule has 0 bridgehead atoms. The van der Waals surface area contributed by atoms with E-state index in [1.807, 2.05) is 55.7 Å². The molecule has 63 heavy (non-hydrogen) atoms. The molecule has 1 aromatic heterocycles. The summed E-state index contributed by atoms with van der Waals surface area (Å²) in [4.78, 5) is 107. The summed E-state index contributed by atoms with van der Waals surface area (Å²) in [5.41, 5.74) is 1.18. The number of hydrogen-bond donors (Lipinski definition) is 4. The molecule has 18 heteroatoms. The van der Waals surface area contributed by atoms with Crippen molar-refractivity contribution in [1.82, 2.24) is 30.5 Å². The molecule has 4 rings (SSSR count). The van der Waals surface area contributed by atoms with Crippen molar-refractivity contribution in [3.8, 4) is 11.1 Å². The van der Waals surface area contributed by atoms with E-state index in [1.54, 1.807) is 26.1 Å². The van der Waals surface area contributed by atoms with E-state index in [0.717, 1.165) is 23.8 Å². The normalized spacial score (nSPS) is 14.7. The van der Waals surface area contributed by atoms with Crippen LogP contribution in [0.25, 0.3) is 11.1 Å². The summed E-state index contributed by atoms with van der Waals surface area (Å²) in [7, 11) is 0. The number of nitrogens with zero attached hydrogens (tertiary/aromatic N) is 3. The fourth-order valence-corrected chi connectivity index (χ4v) is 7.25. The Balaban J connectivity index is 1.44. The topological polar surface area (TPSA) is 214 Å². The maximum atomic E-state index is 15.1. The van der Waals surface area contributed by atoms with Crippen LogP contribution < -0.4 is 16.0 Å². The Morgan fingerprint density at radius 2 is 1.52 bits per heavy atom. The molecule has 1 saturated heterocycles. The summed E-state index contributed by atoms with van der Waals surface area (Å²) in [6.07, 6.45) is 0.804. The number of hydrogen-bond acceptors (Lipinski definition) is 9. The number of benzene rings is 2. The third-order valence-electron chi connectivity index (χ3n) is 10.5. The zero-order valence-electron chi connectivity index (χ0n) is 36.5. The van der Waals surface area contributed by atoms with E-state index in [9.17, 15) is 47.9 Å². The van der Waals surface area contributed by atoms with Crippen molar-refractivity contribution in [2.75, 3.05) is 6.54 Å². The first-order valence-electron chi connectivity index (χ1n) is 20.7. The van der Waals surface area contributed by atoms with Gasteiger partial charge in [-0.15, -0.1) is 5.06 Å². The number of amides is 6. The van der Waals surface area contributed by atoms with Gasteiger partial charge in [-0.3, -0.25) is 28.8 Å². The molecule has 4 N–H and O–H groups in total. The molecule has 340 valence electrons. The fraction of sp³-hybridized carbons (Fsp3) is 0.467. The standard InChI is InChI=1S/C45H56F2N6O10/c1-26(2)40(50-36(55)14-11-15-39(58)63-53-37(56)18-19-38(53)57)43(60)48-27(3)42(59)49-34(44(61)62)20-21-52(28(4)54)41(45(5,6)7)35-22-30(32-23-31(46)16-17-33(32)47)25-51(35)24-29-12-9-8-10-13-29/h8-10,12-13,16-17,22-23,25-27,34,40-41H,11,14-15,18-21,24H2,1-7H3,(H,48,60)(H,49,59)(H,50,55)(H,61,62). The lowest BCUT2D eigenvalue weighted by molar-refractivity contribution is -0.197. The number of halogens is 2. The lowest BCUT2D eigenvalue weighted by atomic mass is 9.82. The molecule has 1 aliphatic heterocycles. The number of aliphatic carboxylic acids is 1. The van der Waals surface area contributed by atoms with Crippen LogP contribution in [0.1, 0.15) is 104 Å². The van der Waals surface area contributed by atoms with E-state index in [0.29, 0.717) is 22.9 Å². The molecule has 2 heterocycles. The number of carbonyl (C=O) groups is 8. The first-order chi connectivity index (χ1) is 29.6. The van der Waals surface area contributed by atoms with Crippen molar-refractivity contribution in [3.05, 3.63) is 83.7 Å². The van der Waals surface area contributed by atoms with Crippen LogP contribution >= 0.6 is 0 Å². The minimum atomic E-state index is -1.51.